The van der Waals surface area contributed by atoms with Crippen LogP contribution in [-0.4, -0.2) is 14.2 Å². The molecule has 0 bridgehead atoms. The first-order valence-electron chi connectivity index (χ1n) is 6.70. The largest absolute Gasteiger partial charge is 0.496 e. The van der Waals surface area contributed by atoms with Crippen molar-refractivity contribution in [3.05, 3.63) is 65.0 Å². The Kier molecular flexibility index (Phi) is 4.74. The molecule has 0 amide bonds. The van der Waals surface area contributed by atoms with Gasteiger partial charge >= 0.3 is 0 Å². The van der Waals surface area contributed by atoms with Crippen molar-refractivity contribution in [2.75, 3.05) is 14.2 Å². The number of halogens is 1. The zero-order chi connectivity index (χ0) is 14.5. The number of benzene rings is 2. The lowest BCUT2D eigenvalue weighted by Crippen LogP contribution is -2.19. The Morgan fingerprint density at radius 3 is 2.45 bits per heavy atom. The van der Waals surface area contributed by atoms with Crippen molar-refractivity contribution in [3.8, 4) is 5.75 Å². The number of hydrogen-bond acceptors (Lipinski definition) is 2. The van der Waals surface area contributed by atoms with E-state index in [1.807, 2.05) is 32.2 Å². The summed E-state index contributed by atoms with van der Waals surface area (Å²) in [6.45, 7) is 2.04. The van der Waals surface area contributed by atoms with E-state index in [0.717, 1.165) is 23.3 Å². The third kappa shape index (κ3) is 3.36. The Morgan fingerprint density at radius 1 is 1.15 bits per heavy atom. The van der Waals surface area contributed by atoms with E-state index in [0.29, 0.717) is 0 Å². The molecular formula is C17H20FNO. The van der Waals surface area contributed by atoms with Crippen molar-refractivity contribution in [1.29, 1.82) is 0 Å². The highest BCUT2D eigenvalue weighted by molar-refractivity contribution is 5.40. The second kappa shape index (κ2) is 6.53. The molecule has 0 heterocycles. The van der Waals surface area contributed by atoms with Crippen molar-refractivity contribution in [3.63, 3.8) is 0 Å². The molecular weight excluding hydrogens is 253 g/mol. The topological polar surface area (TPSA) is 21.3 Å². The van der Waals surface area contributed by atoms with Crippen LogP contribution in [0.5, 0.6) is 5.75 Å². The fourth-order valence-corrected chi connectivity index (χ4v) is 2.33. The Labute approximate surface area is 119 Å². The van der Waals surface area contributed by atoms with Crippen LogP contribution in [0, 0.1) is 12.7 Å². The average molecular weight is 273 g/mol. The van der Waals surface area contributed by atoms with E-state index in [1.54, 1.807) is 7.11 Å². The Balaban J connectivity index is 2.26. The number of aryl methyl sites for hydroxylation is 1. The summed E-state index contributed by atoms with van der Waals surface area (Å²) in [6.07, 6.45) is 0.788. The second-order valence-corrected chi connectivity index (χ2v) is 4.92. The predicted octanol–water partition coefficient (Wildman–Crippen LogP) is 3.65. The van der Waals surface area contributed by atoms with Crippen LogP contribution in [0.1, 0.15) is 22.7 Å². The van der Waals surface area contributed by atoms with Gasteiger partial charge in [0.1, 0.15) is 11.6 Å². The molecule has 0 spiro atoms. The quantitative estimate of drug-likeness (QED) is 0.898. The fourth-order valence-electron chi connectivity index (χ4n) is 2.33. The first-order valence-corrected chi connectivity index (χ1v) is 6.70. The van der Waals surface area contributed by atoms with Gasteiger partial charge in [-0.2, -0.15) is 0 Å². The Bertz CT molecular complexity index is 566. The summed E-state index contributed by atoms with van der Waals surface area (Å²) in [4.78, 5) is 0. The van der Waals surface area contributed by atoms with Crippen molar-refractivity contribution in [2.24, 2.45) is 0 Å². The number of likely N-dealkylation sites (N-methyl/N-ethyl adjacent to an activating group) is 1. The van der Waals surface area contributed by atoms with Crippen LogP contribution in [-0.2, 0) is 6.42 Å². The van der Waals surface area contributed by atoms with Gasteiger partial charge in [-0.1, -0.05) is 24.3 Å². The molecule has 0 saturated heterocycles. The molecule has 2 aromatic carbocycles. The first kappa shape index (κ1) is 14.5. The van der Waals surface area contributed by atoms with Crippen LogP contribution in [0.3, 0.4) is 0 Å². The van der Waals surface area contributed by atoms with Crippen molar-refractivity contribution in [2.45, 2.75) is 19.4 Å². The van der Waals surface area contributed by atoms with Gasteiger partial charge in [0.25, 0.3) is 0 Å². The number of hydrogen-bond donors (Lipinski definition) is 1. The number of ether oxygens (including phenoxy) is 1. The highest BCUT2D eigenvalue weighted by atomic mass is 19.1. The highest BCUT2D eigenvalue weighted by Gasteiger charge is 2.15. The van der Waals surface area contributed by atoms with Crippen LogP contribution < -0.4 is 10.1 Å². The third-order valence-electron chi connectivity index (χ3n) is 3.47. The van der Waals surface area contributed by atoms with Crippen molar-refractivity contribution < 1.29 is 9.13 Å². The van der Waals surface area contributed by atoms with E-state index >= 15 is 0 Å². The molecule has 0 aromatic heterocycles. The number of rotatable bonds is 5. The molecule has 0 aliphatic rings. The van der Waals surface area contributed by atoms with E-state index in [2.05, 4.69) is 17.4 Å². The standard InChI is InChI=1S/C17H20FNO/c1-12-4-9-15(17(10-12)20-3)16(19-2)11-13-5-7-14(18)8-6-13/h4-10,16,19H,11H2,1-3H3. The van der Waals surface area contributed by atoms with E-state index in [-0.39, 0.29) is 11.9 Å². The molecule has 0 fully saturated rings. The van der Waals surface area contributed by atoms with Crippen LogP contribution in [0.4, 0.5) is 4.39 Å². The van der Waals surface area contributed by atoms with E-state index in [9.17, 15) is 4.39 Å². The molecule has 2 rings (SSSR count). The monoisotopic (exact) mass is 273 g/mol. The van der Waals surface area contributed by atoms with Gasteiger partial charge in [-0.3, -0.25) is 0 Å². The van der Waals surface area contributed by atoms with Gasteiger partial charge in [0, 0.05) is 11.6 Å². The van der Waals surface area contributed by atoms with E-state index in [1.165, 1.54) is 17.7 Å². The SMILES string of the molecule is CNC(Cc1ccc(F)cc1)c1ccc(C)cc1OC. The smallest absolute Gasteiger partial charge is 0.123 e. The molecule has 1 atom stereocenters. The maximum absolute atomic E-state index is 13.0. The lowest BCUT2D eigenvalue weighted by Gasteiger charge is -2.20. The molecule has 0 aliphatic carbocycles. The first-order chi connectivity index (χ1) is 9.63. The van der Waals surface area contributed by atoms with Gasteiger partial charge in [0.2, 0.25) is 0 Å². The normalized spacial score (nSPS) is 12.2. The van der Waals surface area contributed by atoms with Crippen LogP contribution >= 0.6 is 0 Å². The summed E-state index contributed by atoms with van der Waals surface area (Å²) in [6, 6.07) is 13.0. The zero-order valence-electron chi connectivity index (χ0n) is 12.1. The van der Waals surface area contributed by atoms with Crippen LogP contribution in [0.15, 0.2) is 42.5 Å². The molecule has 106 valence electrons. The van der Waals surface area contributed by atoms with Gasteiger partial charge in [-0.25, -0.2) is 4.39 Å². The van der Waals surface area contributed by atoms with Gasteiger partial charge in [0.15, 0.2) is 0 Å². The van der Waals surface area contributed by atoms with Gasteiger partial charge < -0.3 is 10.1 Å². The summed E-state index contributed by atoms with van der Waals surface area (Å²) in [5, 5.41) is 3.30. The Morgan fingerprint density at radius 2 is 1.85 bits per heavy atom. The van der Waals surface area contributed by atoms with Crippen molar-refractivity contribution in [1.82, 2.24) is 5.32 Å². The average Bonchev–Trinajstić information content (AvgIpc) is 2.47. The molecule has 0 saturated carbocycles. The van der Waals surface area contributed by atoms with E-state index < -0.39 is 0 Å². The molecule has 3 heteroatoms. The minimum atomic E-state index is -0.206. The molecule has 1 N–H and O–H groups in total. The molecule has 0 aliphatic heterocycles. The van der Waals surface area contributed by atoms with Gasteiger partial charge in [-0.05, 0) is 49.7 Å². The summed E-state index contributed by atoms with van der Waals surface area (Å²) in [5.74, 6) is 0.675. The summed E-state index contributed by atoms with van der Waals surface area (Å²) in [5.41, 5.74) is 3.38. The second-order valence-electron chi connectivity index (χ2n) is 4.92. The van der Waals surface area contributed by atoms with E-state index in [4.69, 9.17) is 4.74 Å². The van der Waals surface area contributed by atoms with Gasteiger partial charge in [-0.15, -0.1) is 0 Å². The predicted molar refractivity (Wildman–Crippen MR) is 79.6 cm³/mol. The molecule has 0 radical (unpaired) electrons. The molecule has 2 nitrogen and oxygen atoms in total. The third-order valence-corrected chi connectivity index (χ3v) is 3.47. The van der Waals surface area contributed by atoms with Crippen LogP contribution in [0.2, 0.25) is 0 Å². The summed E-state index contributed by atoms with van der Waals surface area (Å²) < 4.78 is 18.4. The van der Waals surface area contributed by atoms with Crippen molar-refractivity contribution >= 4 is 0 Å². The lowest BCUT2D eigenvalue weighted by molar-refractivity contribution is 0.401. The number of methoxy groups -OCH3 is 1. The fraction of sp³-hybridized carbons (Fsp3) is 0.294. The summed E-state index contributed by atoms with van der Waals surface area (Å²) >= 11 is 0. The molecule has 1 unspecified atom stereocenters. The van der Waals surface area contributed by atoms with Crippen LogP contribution in [0.25, 0.3) is 0 Å². The zero-order valence-corrected chi connectivity index (χ0v) is 12.1. The van der Waals surface area contributed by atoms with Gasteiger partial charge in [0.05, 0.1) is 7.11 Å². The number of nitrogens with one attached hydrogen (secondary N) is 1. The highest BCUT2D eigenvalue weighted by Crippen LogP contribution is 2.28. The minimum absolute atomic E-state index is 0.135. The molecule has 2 aromatic rings. The summed E-state index contributed by atoms with van der Waals surface area (Å²) in [7, 11) is 3.61. The lowest BCUT2D eigenvalue weighted by atomic mass is 9.97. The maximum Gasteiger partial charge on any atom is 0.123 e. The minimum Gasteiger partial charge on any atom is -0.496 e. The maximum atomic E-state index is 13.0. The Hall–Kier alpha value is -1.87. The molecule has 20 heavy (non-hydrogen) atoms.